The number of hydrogen-bond donors (Lipinski definition) is 1. The molecule has 0 radical (unpaired) electrons. The fourth-order valence-corrected chi connectivity index (χ4v) is 2.89. The number of carbonyl (C=O) groups excluding carboxylic acids is 1. The lowest BCUT2D eigenvalue weighted by Gasteiger charge is -2.13. The third kappa shape index (κ3) is 4.88. The fourth-order valence-electron chi connectivity index (χ4n) is 2.89. The SMILES string of the molecule is COc1ccc(CC(=O)NCc2ccccc2Cn2ccnc2)c(OC)c1. The second-order valence-corrected chi connectivity index (χ2v) is 6.14. The molecule has 140 valence electrons. The van der Waals surface area contributed by atoms with Gasteiger partial charge in [0.2, 0.25) is 5.91 Å². The first-order chi connectivity index (χ1) is 13.2. The number of ether oxygens (including phenoxy) is 2. The molecule has 27 heavy (non-hydrogen) atoms. The number of amides is 1. The molecular weight excluding hydrogens is 342 g/mol. The molecule has 3 aromatic rings. The van der Waals surface area contributed by atoms with Crippen molar-refractivity contribution in [3.05, 3.63) is 77.9 Å². The molecule has 0 aliphatic carbocycles. The van der Waals surface area contributed by atoms with Crippen LogP contribution in [-0.2, 0) is 24.3 Å². The van der Waals surface area contributed by atoms with Crippen LogP contribution in [0.15, 0.2) is 61.2 Å². The Kier molecular flexibility index (Phi) is 6.10. The first-order valence-corrected chi connectivity index (χ1v) is 8.69. The van der Waals surface area contributed by atoms with Gasteiger partial charge < -0.3 is 19.4 Å². The predicted octanol–water partition coefficient (Wildman–Crippen LogP) is 2.81. The molecule has 0 fully saturated rings. The third-order valence-electron chi connectivity index (χ3n) is 4.35. The quantitative estimate of drug-likeness (QED) is 0.667. The minimum Gasteiger partial charge on any atom is -0.497 e. The summed E-state index contributed by atoms with van der Waals surface area (Å²) in [6, 6.07) is 13.5. The standard InChI is InChI=1S/C21H23N3O3/c1-26-19-8-7-16(20(12-19)27-2)11-21(25)23-13-17-5-3-4-6-18(17)14-24-10-9-22-15-24/h3-10,12,15H,11,13-14H2,1-2H3,(H,23,25). The van der Waals surface area contributed by atoms with Gasteiger partial charge >= 0.3 is 0 Å². The maximum absolute atomic E-state index is 12.4. The van der Waals surface area contributed by atoms with E-state index in [1.807, 2.05) is 41.1 Å². The summed E-state index contributed by atoms with van der Waals surface area (Å²) in [6.45, 7) is 1.19. The van der Waals surface area contributed by atoms with Gasteiger partial charge in [0, 0.05) is 37.1 Å². The molecule has 0 spiro atoms. The van der Waals surface area contributed by atoms with Crippen LogP contribution in [-0.4, -0.2) is 29.7 Å². The molecule has 1 N–H and O–H groups in total. The number of methoxy groups -OCH3 is 2. The molecule has 6 nitrogen and oxygen atoms in total. The van der Waals surface area contributed by atoms with E-state index in [-0.39, 0.29) is 12.3 Å². The second kappa shape index (κ2) is 8.89. The molecular formula is C21H23N3O3. The molecule has 3 rings (SSSR count). The Morgan fingerprint density at radius 1 is 1.07 bits per heavy atom. The van der Waals surface area contributed by atoms with Crippen molar-refractivity contribution >= 4 is 5.91 Å². The zero-order valence-electron chi connectivity index (χ0n) is 15.5. The van der Waals surface area contributed by atoms with Crippen LogP contribution < -0.4 is 14.8 Å². The Morgan fingerprint density at radius 2 is 1.89 bits per heavy atom. The van der Waals surface area contributed by atoms with E-state index in [9.17, 15) is 4.79 Å². The number of rotatable bonds is 8. The predicted molar refractivity (Wildman–Crippen MR) is 103 cm³/mol. The molecule has 0 saturated carbocycles. The van der Waals surface area contributed by atoms with E-state index in [4.69, 9.17) is 9.47 Å². The molecule has 6 heteroatoms. The summed E-state index contributed by atoms with van der Waals surface area (Å²) in [6.07, 6.45) is 5.71. The van der Waals surface area contributed by atoms with Gasteiger partial charge in [-0.25, -0.2) is 4.98 Å². The number of aromatic nitrogens is 2. The van der Waals surface area contributed by atoms with Crippen LogP contribution in [0.25, 0.3) is 0 Å². The van der Waals surface area contributed by atoms with Crippen molar-refractivity contribution < 1.29 is 14.3 Å². The average molecular weight is 365 g/mol. The molecule has 1 amide bonds. The van der Waals surface area contributed by atoms with Gasteiger partial charge in [0.1, 0.15) is 11.5 Å². The van der Waals surface area contributed by atoms with E-state index >= 15 is 0 Å². The monoisotopic (exact) mass is 365 g/mol. The van der Waals surface area contributed by atoms with Crippen LogP contribution in [0.2, 0.25) is 0 Å². The Hall–Kier alpha value is -3.28. The second-order valence-electron chi connectivity index (χ2n) is 6.14. The van der Waals surface area contributed by atoms with Gasteiger partial charge in [-0.15, -0.1) is 0 Å². The molecule has 0 atom stereocenters. The largest absolute Gasteiger partial charge is 0.497 e. The van der Waals surface area contributed by atoms with E-state index in [1.165, 1.54) is 0 Å². The van der Waals surface area contributed by atoms with Crippen LogP contribution in [0.4, 0.5) is 0 Å². The van der Waals surface area contributed by atoms with Crippen LogP contribution >= 0.6 is 0 Å². The van der Waals surface area contributed by atoms with E-state index in [0.29, 0.717) is 18.0 Å². The zero-order chi connectivity index (χ0) is 19.1. The van der Waals surface area contributed by atoms with Gasteiger partial charge in [-0.05, 0) is 17.2 Å². The Bertz CT molecular complexity index is 891. The number of nitrogens with one attached hydrogen (secondary N) is 1. The van der Waals surface area contributed by atoms with Gasteiger partial charge in [0.05, 0.1) is 27.0 Å². The van der Waals surface area contributed by atoms with E-state index in [0.717, 1.165) is 23.2 Å². The highest BCUT2D eigenvalue weighted by Gasteiger charge is 2.11. The van der Waals surface area contributed by atoms with Crippen LogP contribution in [0, 0.1) is 0 Å². The Labute approximate surface area is 158 Å². The smallest absolute Gasteiger partial charge is 0.224 e. The molecule has 0 aliphatic rings. The number of nitrogens with zero attached hydrogens (tertiary/aromatic N) is 2. The Morgan fingerprint density at radius 3 is 2.59 bits per heavy atom. The van der Waals surface area contributed by atoms with E-state index in [2.05, 4.69) is 16.4 Å². The zero-order valence-corrected chi connectivity index (χ0v) is 15.5. The van der Waals surface area contributed by atoms with Crippen molar-refractivity contribution in [1.29, 1.82) is 0 Å². The molecule has 0 aliphatic heterocycles. The highest BCUT2D eigenvalue weighted by Crippen LogP contribution is 2.25. The lowest BCUT2D eigenvalue weighted by molar-refractivity contribution is -0.120. The first kappa shape index (κ1) is 18.5. The van der Waals surface area contributed by atoms with E-state index in [1.54, 1.807) is 32.8 Å². The number of carbonyl (C=O) groups is 1. The third-order valence-corrected chi connectivity index (χ3v) is 4.35. The highest BCUT2D eigenvalue weighted by molar-refractivity contribution is 5.79. The minimum atomic E-state index is -0.0594. The van der Waals surface area contributed by atoms with Crippen molar-refractivity contribution in [1.82, 2.24) is 14.9 Å². The Balaban J connectivity index is 1.63. The first-order valence-electron chi connectivity index (χ1n) is 8.69. The summed E-state index contributed by atoms with van der Waals surface area (Å²) >= 11 is 0. The van der Waals surface area contributed by atoms with Crippen LogP contribution in [0.5, 0.6) is 11.5 Å². The van der Waals surface area contributed by atoms with Gasteiger partial charge in [-0.2, -0.15) is 0 Å². The van der Waals surface area contributed by atoms with Gasteiger partial charge in [0.15, 0.2) is 0 Å². The van der Waals surface area contributed by atoms with Crippen LogP contribution in [0.1, 0.15) is 16.7 Å². The number of benzene rings is 2. The average Bonchev–Trinajstić information content (AvgIpc) is 3.20. The van der Waals surface area contributed by atoms with Crippen molar-refractivity contribution in [3.63, 3.8) is 0 Å². The summed E-state index contributed by atoms with van der Waals surface area (Å²) in [7, 11) is 3.19. The normalized spacial score (nSPS) is 10.4. The van der Waals surface area contributed by atoms with Crippen molar-refractivity contribution in [2.24, 2.45) is 0 Å². The van der Waals surface area contributed by atoms with Crippen LogP contribution in [0.3, 0.4) is 0 Å². The molecule has 2 aromatic carbocycles. The molecule has 0 bridgehead atoms. The lowest BCUT2D eigenvalue weighted by Crippen LogP contribution is -2.25. The van der Waals surface area contributed by atoms with E-state index < -0.39 is 0 Å². The van der Waals surface area contributed by atoms with Crippen molar-refractivity contribution in [3.8, 4) is 11.5 Å². The van der Waals surface area contributed by atoms with Crippen molar-refractivity contribution in [2.75, 3.05) is 14.2 Å². The maximum Gasteiger partial charge on any atom is 0.224 e. The molecule has 0 saturated heterocycles. The summed E-state index contributed by atoms with van der Waals surface area (Å²) in [5, 5.41) is 3.00. The van der Waals surface area contributed by atoms with Crippen molar-refractivity contribution in [2.45, 2.75) is 19.5 Å². The van der Waals surface area contributed by atoms with Gasteiger partial charge in [-0.1, -0.05) is 30.3 Å². The van der Waals surface area contributed by atoms with Gasteiger partial charge in [-0.3, -0.25) is 4.79 Å². The molecule has 0 unspecified atom stereocenters. The summed E-state index contributed by atoms with van der Waals surface area (Å²) < 4.78 is 12.6. The number of hydrogen-bond acceptors (Lipinski definition) is 4. The topological polar surface area (TPSA) is 65.4 Å². The minimum absolute atomic E-state index is 0.0594. The lowest BCUT2D eigenvalue weighted by atomic mass is 10.1. The summed E-state index contributed by atoms with van der Waals surface area (Å²) in [4.78, 5) is 16.5. The highest BCUT2D eigenvalue weighted by atomic mass is 16.5. The summed E-state index contributed by atoms with van der Waals surface area (Å²) in [5.41, 5.74) is 3.06. The number of imidazole rings is 1. The fraction of sp³-hybridized carbons (Fsp3) is 0.238. The molecule has 1 aromatic heterocycles. The van der Waals surface area contributed by atoms with Gasteiger partial charge in [0.25, 0.3) is 0 Å². The molecule has 1 heterocycles. The summed E-state index contributed by atoms with van der Waals surface area (Å²) in [5.74, 6) is 1.28. The maximum atomic E-state index is 12.4.